The Labute approximate surface area is 188 Å². The van der Waals surface area contributed by atoms with Crippen molar-refractivity contribution < 1.29 is 14.5 Å². The molecule has 0 aromatic heterocycles. The number of hydrogen-bond donors (Lipinski definition) is 1. The first-order chi connectivity index (χ1) is 15.6. The number of hydrogen-bond acceptors (Lipinski definition) is 6. The summed E-state index contributed by atoms with van der Waals surface area (Å²) in [5.74, 6) is 0.526. The molecule has 0 spiro atoms. The van der Waals surface area contributed by atoms with Gasteiger partial charge in [-0.15, -0.1) is 0 Å². The van der Waals surface area contributed by atoms with Crippen molar-refractivity contribution in [1.82, 2.24) is 10.2 Å². The lowest BCUT2D eigenvalue weighted by molar-refractivity contribution is -0.384. The molecule has 0 saturated carbocycles. The SMILES string of the molecule is COc1ccc(C(CNC(=O)c2cc([N+](=O)[O-])ccc2N2CCCC2)N2CCCC2)cc1. The van der Waals surface area contributed by atoms with E-state index in [2.05, 4.69) is 15.1 Å². The Hall–Kier alpha value is -3.13. The molecule has 0 aliphatic carbocycles. The van der Waals surface area contributed by atoms with Crippen molar-refractivity contribution in [3.63, 3.8) is 0 Å². The second kappa shape index (κ2) is 9.99. The van der Waals surface area contributed by atoms with Gasteiger partial charge in [0.25, 0.3) is 11.6 Å². The molecule has 2 aromatic carbocycles. The van der Waals surface area contributed by atoms with Crippen LogP contribution in [0.5, 0.6) is 5.75 Å². The summed E-state index contributed by atoms with van der Waals surface area (Å²) < 4.78 is 5.28. The molecule has 0 bridgehead atoms. The molecular weight excluding hydrogens is 408 g/mol. The van der Waals surface area contributed by atoms with E-state index >= 15 is 0 Å². The van der Waals surface area contributed by atoms with Crippen LogP contribution in [0.25, 0.3) is 0 Å². The number of non-ortho nitro benzene ring substituents is 1. The fourth-order valence-corrected chi connectivity index (χ4v) is 4.67. The van der Waals surface area contributed by atoms with E-state index in [1.165, 1.54) is 12.1 Å². The summed E-state index contributed by atoms with van der Waals surface area (Å²) in [6.45, 7) is 4.14. The molecule has 8 heteroatoms. The van der Waals surface area contributed by atoms with E-state index in [9.17, 15) is 14.9 Å². The summed E-state index contributed by atoms with van der Waals surface area (Å²) in [4.78, 5) is 28.7. The molecule has 32 heavy (non-hydrogen) atoms. The molecule has 2 aromatic rings. The molecule has 2 fully saturated rings. The van der Waals surface area contributed by atoms with Crippen LogP contribution in [0.4, 0.5) is 11.4 Å². The second-order valence-electron chi connectivity index (χ2n) is 8.39. The number of carbonyl (C=O) groups is 1. The molecule has 1 atom stereocenters. The lowest BCUT2D eigenvalue weighted by atomic mass is 10.0. The summed E-state index contributed by atoms with van der Waals surface area (Å²) in [7, 11) is 1.64. The predicted molar refractivity (Wildman–Crippen MR) is 123 cm³/mol. The minimum Gasteiger partial charge on any atom is -0.497 e. The summed E-state index contributed by atoms with van der Waals surface area (Å²) in [5.41, 5.74) is 2.19. The van der Waals surface area contributed by atoms with Gasteiger partial charge in [0.05, 0.1) is 29.3 Å². The van der Waals surface area contributed by atoms with E-state index in [-0.39, 0.29) is 17.6 Å². The van der Waals surface area contributed by atoms with Crippen molar-refractivity contribution in [1.29, 1.82) is 0 Å². The van der Waals surface area contributed by atoms with Gasteiger partial charge in [-0.1, -0.05) is 12.1 Å². The molecule has 2 heterocycles. The molecule has 2 saturated heterocycles. The first-order valence-corrected chi connectivity index (χ1v) is 11.3. The monoisotopic (exact) mass is 438 g/mol. The van der Waals surface area contributed by atoms with Gasteiger partial charge in [0.15, 0.2) is 0 Å². The first-order valence-electron chi connectivity index (χ1n) is 11.3. The van der Waals surface area contributed by atoms with Crippen molar-refractivity contribution in [2.24, 2.45) is 0 Å². The molecular formula is C24H30N4O4. The van der Waals surface area contributed by atoms with Crippen molar-refractivity contribution >= 4 is 17.3 Å². The number of likely N-dealkylation sites (tertiary alicyclic amines) is 1. The summed E-state index contributed by atoms with van der Waals surface area (Å²) in [6.07, 6.45) is 4.41. The van der Waals surface area contributed by atoms with Gasteiger partial charge in [0.1, 0.15) is 5.75 Å². The van der Waals surface area contributed by atoms with Crippen LogP contribution in [-0.4, -0.2) is 55.6 Å². The number of benzene rings is 2. The average Bonchev–Trinajstić information content (AvgIpc) is 3.54. The van der Waals surface area contributed by atoms with Gasteiger partial charge in [-0.05, 0) is 62.5 Å². The fraction of sp³-hybridized carbons (Fsp3) is 0.458. The Bertz CT molecular complexity index is 951. The molecule has 8 nitrogen and oxygen atoms in total. The maximum atomic E-state index is 13.2. The molecule has 4 rings (SSSR count). The van der Waals surface area contributed by atoms with Crippen molar-refractivity contribution in [3.8, 4) is 5.75 Å². The van der Waals surface area contributed by atoms with Gasteiger partial charge in [0.2, 0.25) is 0 Å². The van der Waals surface area contributed by atoms with Gasteiger partial charge in [0, 0.05) is 31.8 Å². The van der Waals surface area contributed by atoms with E-state index < -0.39 is 4.92 Å². The zero-order valence-corrected chi connectivity index (χ0v) is 18.5. The Kier molecular flexibility index (Phi) is 6.90. The number of nitro benzene ring substituents is 1. The smallest absolute Gasteiger partial charge is 0.270 e. The number of ether oxygens (including phenoxy) is 1. The lowest BCUT2D eigenvalue weighted by Crippen LogP contribution is -2.37. The number of amides is 1. The molecule has 170 valence electrons. The van der Waals surface area contributed by atoms with Crippen molar-refractivity contribution in [3.05, 3.63) is 63.7 Å². The van der Waals surface area contributed by atoms with Gasteiger partial charge >= 0.3 is 0 Å². The van der Waals surface area contributed by atoms with Crippen LogP contribution in [0.3, 0.4) is 0 Å². The topological polar surface area (TPSA) is 87.9 Å². The molecule has 2 aliphatic heterocycles. The van der Waals surface area contributed by atoms with Gasteiger partial charge in [-0.25, -0.2) is 0 Å². The number of nitrogens with one attached hydrogen (secondary N) is 1. The third-order valence-electron chi connectivity index (χ3n) is 6.42. The molecule has 1 N–H and O–H groups in total. The molecule has 1 unspecified atom stereocenters. The maximum absolute atomic E-state index is 13.2. The molecule has 2 aliphatic rings. The van der Waals surface area contributed by atoms with Gasteiger partial charge in [-0.2, -0.15) is 0 Å². The van der Waals surface area contributed by atoms with E-state index in [0.717, 1.165) is 68.9 Å². The Morgan fingerprint density at radius 2 is 1.72 bits per heavy atom. The Morgan fingerprint density at radius 3 is 2.34 bits per heavy atom. The minimum absolute atomic E-state index is 0.0429. The fourth-order valence-electron chi connectivity index (χ4n) is 4.67. The predicted octanol–water partition coefficient (Wildman–Crippen LogP) is 3.77. The number of anilines is 1. The third kappa shape index (κ3) is 4.85. The zero-order chi connectivity index (χ0) is 22.5. The quantitative estimate of drug-likeness (QED) is 0.499. The lowest BCUT2D eigenvalue weighted by Gasteiger charge is -2.29. The second-order valence-corrected chi connectivity index (χ2v) is 8.39. The van der Waals surface area contributed by atoms with Crippen LogP contribution in [-0.2, 0) is 0 Å². The summed E-state index contributed by atoms with van der Waals surface area (Å²) >= 11 is 0. The average molecular weight is 439 g/mol. The van der Waals surface area contributed by atoms with Gasteiger partial charge < -0.3 is 15.0 Å². The van der Waals surface area contributed by atoms with Crippen LogP contribution < -0.4 is 15.0 Å². The van der Waals surface area contributed by atoms with E-state index in [0.29, 0.717) is 12.1 Å². The van der Waals surface area contributed by atoms with Crippen LogP contribution in [0.1, 0.15) is 47.6 Å². The van der Waals surface area contributed by atoms with Crippen LogP contribution in [0.15, 0.2) is 42.5 Å². The Morgan fingerprint density at radius 1 is 1.06 bits per heavy atom. The highest BCUT2D eigenvalue weighted by Crippen LogP contribution is 2.30. The van der Waals surface area contributed by atoms with Crippen molar-refractivity contribution in [2.75, 3.05) is 44.7 Å². The highest BCUT2D eigenvalue weighted by molar-refractivity contribution is 6.00. The van der Waals surface area contributed by atoms with Crippen LogP contribution >= 0.6 is 0 Å². The number of nitro groups is 1. The van der Waals surface area contributed by atoms with Crippen LogP contribution in [0.2, 0.25) is 0 Å². The molecule has 0 radical (unpaired) electrons. The van der Waals surface area contributed by atoms with E-state index in [1.807, 2.05) is 24.3 Å². The number of rotatable bonds is 8. The normalized spacial score (nSPS) is 17.3. The minimum atomic E-state index is -0.449. The number of methoxy groups -OCH3 is 1. The first kappa shape index (κ1) is 22.1. The third-order valence-corrected chi connectivity index (χ3v) is 6.42. The number of nitrogens with zero attached hydrogens (tertiary/aromatic N) is 3. The van der Waals surface area contributed by atoms with Gasteiger partial charge in [-0.3, -0.25) is 19.8 Å². The summed E-state index contributed by atoms with van der Waals surface area (Å²) in [6, 6.07) is 12.6. The highest BCUT2D eigenvalue weighted by Gasteiger charge is 2.26. The summed E-state index contributed by atoms with van der Waals surface area (Å²) in [5, 5.41) is 14.4. The standard InChI is InChI=1S/C24H30N4O4/c1-32-20-9-6-18(7-10-20)23(27-14-4-5-15-27)17-25-24(29)21-16-19(28(30)31)8-11-22(21)26-12-2-3-13-26/h6-11,16,23H,2-5,12-15,17H2,1H3,(H,25,29). The largest absolute Gasteiger partial charge is 0.497 e. The van der Waals surface area contributed by atoms with E-state index in [4.69, 9.17) is 4.74 Å². The highest BCUT2D eigenvalue weighted by atomic mass is 16.6. The number of carbonyl (C=O) groups excluding carboxylic acids is 1. The molecule has 1 amide bonds. The Balaban J connectivity index is 1.55. The van der Waals surface area contributed by atoms with Crippen LogP contribution in [0, 0.1) is 10.1 Å². The van der Waals surface area contributed by atoms with Crippen molar-refractivity contribution in [2.45, 2.75) is 31.7 Å². The zero-order valence-electron chi connectivity index (χ0n) is 18.5. The van der Waals surface area contributed by atoms with E-state index in [1.54, 1.807) is 13.2 Å². The maximum Gasteiger partial charge on any atom is 0.270 e.